The van der Waals surface area contributed by atoms with Crippen LogP contribution in [0.4, 0.5) is 10.1 Å². The van der Waals surface area contributed by atoms with E-state index in [1.54, 1.807) is 6.92 Å². The highest BCUT2D eigenvalue weighted by Gasteiger charge is 2.23. The molecule has 4 nitrogen and oxygen atoms in total. The summed E-state index contributed by atoms with van der Waals surface area (Å²) in [6.45, 7) is 5.66. The molecule has 0 saturated heterocycles. The van der Waals surface area contributed by atoms with Crippen molar-refractivity contribution in [3.05, 3.63) is 24.0 Å². The summed E-state index contributed by atoms with van der Waals surface area (Å²) >= 11 is 0. The Labute approximate surface area is 107 Å². The van der Waals surface area contributed by atoms with Crippen LogP contribution in [0.5, 0.6) is 0 Å². The Balaban J connectivity index is 3.03. The van der Waals surface area contributed by atoms with Crippen LogP contribution < -0.4 is 10.5 Å². The Kier molecular flexibility index (Phi) is 4.70. The molecular formula is C12H19FN2O2S. The van der Waals surface area contributed by atoms with Crippen LogP contribution in [-0.4, -0.2) is 14.5 Å². The molecule has 0 heterocycles. The third-order valence-electron chi connectivity index (χ3n) is 3.08. The van der Waals surface area contributed by atoms with Crippen molar-refractivity contribution in [3.8, 4) is 0 Å². The average Bonchev–Trinajstić information content (AvgIpc) is 2.30. The number of anilines is 1. The second-order valence-corrected chi connectivity index (χ2v) is 6.17. The van der Waals surface area contributed by atoms with Crippen molar-refractivity contribution < 1.29 is 12.8 Å². The fourth-order valence-electron chi connectivity index (χ4n) is 1.50. The van der Waals surface area contributed by atoms with Gasteiger partial charge in [0.1, 0.15) is 10.7 Å². The van der Waals surface area contributed by atoms with Crippen LogP contribution >= 0.6 is 0 Å². The van der Waals surface area contributed by atoms with E-state index in [-0.39, 0.29) is 17.6 Å². The van der Waals surface area contributed by atoms with Crippen molar-refractivity contribution in [2.75, 3.05) is 5.73 Å². The van der Waals surface area contributed by atoms with Crippen LogP contribution in [0.25, 0.3) is 0 Å². The summed E-state index contributed by atoms with van der Waals surface area (Å²) in [5.41, 5.74) is 5.70. The van der Waals surface area contributed by atoms with Crippen LogP contribution in [-0.2, 0) is 10.0 Å². The predicted molar refractivity (Wildman–Crippen MR) is 70.1 cm³/mol. The van der Waals surface area contributed by atoms with Crippen molar-refractivity contribution in [1.29, 1.82) is 0 Å². The number of rotatable bonds is 5. The van der Waals surface area contributed by atoms with E-state index in [2.05, 4.69) is 4.72 Å². The van der Waals surface area contributed by atoms with E-state index in [0.717, 1.165) is 18.6 Å². The van der Waals surface area contributed by atoms with E-state index >= 15 is 0 Å². The first-order chi connectivity index (χ1) is 8.27. The third kappa shape index (κ3) is 3.43. The van der Waals surface area contributed by atoms with Crippen LogP contribution in [0, 0.1) is 11.7 Å². The number of nitrogens with one attached hydrogen (secondary N) is 1. The number of benzene rings is 1. The van der Waals surface area contributed by atoms with Gasteiger partial charge in [-0.05, 0) is 31.0 Å². The minimum Gasteiger partial charge on any atom is -0.399 e. The fourth-order valence-corrected chi connectivity index (χ4v) is 2.97. The molecule has 1 rings (SSSR count). The minimum atomic E-state index is -3.87. The zero-order chi connectivity index (χ0) is 13.9. The summed E-state index contributed by atoms with van der Waals surface area (Å²) in [4.78, 5) is -0.405. The van der Waals surface area contributed by atoms with Gasteiger partial charge in [0.15, 0.2) is 0 Å². The van der Waals surface area contributed by atoms with E-state index in [9.17, 15) is 12.8 Å². The number of nitrogen functional groups attached to an aromatic ring is 1. The molecule has 18 heavy (non-hydrogen) atoms. The maximum Gasteiger partial charge on any atom is 0.243 e. The zero-order valence-corrected chi connectivity index (χ0v) is 11.6. The largest absolute Gasteiger partial charge is 0.399 e. The first-order valence-corrected chi connectivity index (χ1v) is 7.33. The van der Waals surface area contributed by atoms with Crippen molar-refractivity contribution in [3.63, 3.8) is 0 Å². The van der Waals surface area contributed by atoms with Gasteiger partial charge in [0.2, 0.25) is 10.0 Å². The highest BCUT2D eigenvalue weighted by Crippen LogP contribution is 2.19. The highest BCUT2D eigenvalue weighted by atomic mass is 32.2. The maximum atomic E-state index is 13.5. The van der Waals surface area contributed by atoms with Gasteiger partial charge in [0, 0.05) is 11.7 Å². The summed E-state index contributed by atoms with van der Waals surface area (Å²) < 4.78 is 40.1. The van der Waals surface area contributed by atoms with E-state index in [1.165, 1.54) is 6.07 Å². The molecule has 0 amide bonds. The molecule has 6 heteroatoms. The molecule has 0 aromatic heterocycles. The first-order valence-electron chi connectivity index (χ1n) is 5.85. The molecule has 0 aliphatic heterocycles. The minimum absolute atomic E-state index is 0.170. The van der Waals surface area contributed by atoms with Gasteiger partial charge in [-0.1, -0.05) is 20.3 Å². The summed E-state index contributed by atoms with van der Waals surface area (Å²) in [6, 6.07) is 3.24. The Bertz CT molecular complexity index is 517. The Morgan fingerprint density at radius 2 is 2.00 bits per heavy atom. The lowest BCUT2D eigenvalue weighted by Crippen LogP contribution is -2.37. The molecule has 1 aromatic rings. The number of hydrogen-bond donors (Lipinski definition) is 2. The Hall–Kier alpha value is -1.14. The number of nitrogens with two attached hydrogens (primary N) is 1. The van der Waals surface area contributed by atoms with Crippen molar-refractivity contribution in [2.45, 2.75) is 38.1 Å². The predicted octanol–water partition coefficient (Wildman–Crippen LogP) is 2.12. The summed E-state index contributed by atoms with van der Waals surface area (Å²) in [7, 11) is -3.87. The molecule has 0 spiro atoms. The number of hydrogen-bond acceptors (Lipinski definition) is 3. The quantitative estimate of drug-likeness (QED) is 0.808. The molecule has 2 unspecified atom stereocenters. The Morgan fingerprint density at radius 3 is 2.56 bits per heavy atom. The Morgan fingerprint density at radius 1 is 1.39 bits per heavy atom. The van der Waals surface area contributed by atoms with Crippen LogP contribution in [0.1, 0.15) is 27.2 Å². The smallest absolute Gasteiger partial charge is 0.243 e. The third-order valence-corrected chi connectivity index (χ3v) is 4.66. The van der Waals surface area contributed by atoms with E-state index in [1.807, 2.05) is 13.8 Å². The average molecular weight is 274 g/mol. The summed E-state index contributed by atoms with van der Waals surface area (Å²) in [6.07, 6.45) is 0.836. The van der Waals surface area contributed by atoms with E-state index < -0.39 is 20.7 Å². The fraction of sp³-hybridized carbons (Fsp3) is 0.500. The monoisotopic (exact) mass is 274 g/mol. The SMILES string of the molecule is CCC(C)C(C)NS(=O)(=O)c1cc(N)ccc1F. The molecule has 0 saturated carbocycles. The van der Waals surface area contributed by atoms with Gasteiger partial charge in [-0.15, -0.1) is 0 Å². The van der Waals surface area contributed by atoms with Gasteiger partial charge in [-0.2, -0.15) is 0 Å². The van der Waals surface area contributed by atoms with Crippen molar-refractivity contribution in [1.82, 2.24) is 4.72 Å². The van der Waals surface area contributed by atoms with Gasteiger partial charge in [0.05, 0.1) is 0 Å². The lowest BCUT2D eigenvalue weighted by molar-refractivity contribution is 0.432. The number of halogens is 1. The standard InChI is InChI=1S/C12H19FN2O2S/c1-4-8(2)9(3)15-18(16,17)12-7-10(14)5-6-11(12)13/h5-9,15H,4,14H2,1-3H3. The van der Waals surface area contributed by atoms with Crippen molar-refractivity contribution in [2.24, 2.45) is 5.92 Å². The molecule has 102 valence electrons. The highest BCUT2D eigenvalue weighted by molar-refractivity contribution is 7.89. The van der Waals surface area contributed by atoms with Crippen LogP contribution in [0.2, 0.25) is 0 Å². The number of sulfonamides is 1. The molecular weight excluding hydrogens is 255 g/mol. The maximum absolute atomic E-state index is 13.5. The summed E-state index contributed by atoms with van der Waals surface area (Å²) in [5.74, 6) is -0.628. The molecule has 0 bridgehead atoms. The van der Waals surface area contributed by atoms with E-state index in [0.29, 0.717) is 0 Å². The second kappa shape index (κ2) is 5.67. The van der Waals surface area contributed by atoms with Gasteiger partial charge in [0.25, 0.3) is 0 Å². The normalized spacial score (nSPS) is 15.3. The van der Waals surface area contributed by atoms with Crippen LogP contribution in [0.15, 0.2) is 23.1 Å². The van der Waals surface area contributed by atoms with Crippen LogP contribution in [0.3, 0.4) is 0 Å². The molecule has 3 N–H and O–H groups in total. The van der Waals surface area contributed by atoms with Gasteiger partial charge >= 0.3 is 0 Å². The lowest BCUT2D eigenvalue weighted by atomic mass is 10.0. The molecule has 0 aliphatic rings. The topological polar surface area (TPSA) is 72.2 Å². The second-order valence-electron chi connectivity index (χ2n) is 4.49. The van der Waals surface area contributed by atoms with Gasteiger partial charge < -0.3 is 5.73 Å². The molecule has 1 aromatic carbocycles. The van der Waals surface area contributed by atoms with E-state index in [4.69, 9.17) is 5.73 Å². The molecule has 0 aliphatic carbocycles. The summed E-state index contributed by atoms with van der Waals surface area (Å²) in [5, 5.41) is 0. The lowest BCUT2D eigenvalue weighted by Gasteiger charge is -2.20. The first kappa shape index (κ1) is 14.9. The van der Waals surface area contributed by atoms with Gasteiger partial charge in [-0.3, -0.25) is 0 Å². The molecule has 2 atom stereocenters. The zero-order valence-electron chi connectivity index (χ0n) is 10.8. The molecule has 0 radical (unpaired) electrons. The van der Waals surface area contributed by atoms with Crippen molar-refractivity contribution >= 4 is 15.7 Å². The van der Waals surface area contributed by atoms with Gasteiger partial charge in [-0.25, -0.2) is 17.5 Å². The molecule has 0 fully saturated rings.